The van der Waals surface area contributed by atoms with Crippen LogP contribution in [-0.2, 0) is 11.3 Å². The van der Waals surface area contributed by atoms with Crippen LogP contribution in [0.3, 0.4) is 0 Å². The number of esters is 1. The fourth-order valence-corrected chi connectivity index (χ4v) is 3.45. The molecule has 0 saturated heterocycles. The molecule has 0 saturated carbocycles. The maximum atomic E-state index is 12.0. The molecule has 37 heavy (non-hydrogen) atoms. The number of carbonyl (C=O) groups is 2. The van der Waals surface area contributed by atoms with E-state index in [-0.39, 0.29) is 12.3 Å². The summed E-state index contributed by atoms with van der Waals surface area (Å²) in [6.45, 7) is 0.230. The number of carboxylic acid groups (broad SMARTS) is 1. The number of aromatic carboxylic acids is 1. The van der Waals surface area contributed by atoms with E-state index in [1.54, 1.807) is 24.5 Å². The number of nitrogens with one attached hydrogen (secondary N) is 2. The average molecular weight is 626 g/mol. The van der Waals surface area contributed by atoms with Gasteiger partial charge in [-0.2, -0.15) is 0 Å². The second-order valence-corrected chi connectivity index (χ2v) is 9.02. The Morgan fingerprint density at radius 1 is 0.730 bits per heavy atom. The quantitative estimate of drug-likeness (QED) is 0.165. The molecule has 5 rings (SSSR count). The number of rotatable bonds is 6. The van der Waals surface area contributed by atoms with E-state index in [1.807, 2.05) is 42.5 Å². The Kier molecular flexibility index (Phi) is 8.54. The maximum Gasteiger partial charge on any atom is 0.356 e. The van der Waals surface area contributed by atoms with Gasteiger partial charge in [0, 0.05) is 23.5 Å². The van der Waals surface area contributed by atoms with E-state index >= 15 is 0 Å². The molecule has 0 aliphatic carbocycles. The number of ether oxygens (including phenoxy) is 1. The number of halogens is 2. The summed E-state index contributed by atoms with van der Waals surface area (Å²) < 4.78 is 6.71. The van der Waals surface area contributed by atoms with Gasteiger partial charge < -0.3 is 19.8 Å². The number of aromatic amines is 2. The van der Waals surface area contributed by atoms with Crippen LogP contribution in [0.25, 0.3) is 22.8 Å². The van der Waals surface area contributed by atoms with E-state index in [1.165, 1.54) is 12.4 Å². The van der Waals surface area contributed by atoms with Gasteiger partial charge in [-0.3, -0.25) is 0 Å². The molecule has 3 N–H and O–H groups in total. The van der Waals surface area contributed by atoms with Gasteiger partial charge in [-0.05, 0) is 61.7 Å². The summed E-state index contributed by atoms with van der Waals surface area (Å²) in [7, 11) is 0. The number of imidazole rings is 2. The molecular weight excluding hydrogens is 608 g/mol. The molecule has 12 heteroatoms. The Balaban J connectivity index is 0.000000186. The highest BCUT2D eigenvalue weighted by Gasteiger charge is 2.12. The summed E-state index contributed by atoms with van der Waals surface area (Å²) in [6.07, 6.45) is 6.01. The number of pyridine rings is 2. The molecule has 10 nitrogen and oxygen atoms in total. The summed E-state index contributed by atoms with van der Waals surface area (Å²) in [5.74, 6) is -0.398. The molecule has 5 aromatic rings. The van der Waals surface area contributed by atoms with Gasteiger partial charge in [0.25, 0.3) is 0 Å². The molecule has 0 radical (unpaired) electrons. The number of aromatic nitrogens is 6. The number of hydrogen-bond acceptors (Lipinski definition) is 7. The van der Waals surface area contributed by atoms with E-state index in [0.717, 1.165) is 25.9 Å². The number of carboxylic acids is 1. The van der Waals surface area contributed by atoms with Crippen molar-refractivity contribution in [1.82, 2.24) is 29.9 Å². The van der Waals surface area contributed by atoms with E-state index < -0.39 is 11.9 Å². The summed E-state index contributed by atoms with van der Waals surface area (Å²) in [4.78, 5) is 44.5. The SMILES string of the molecule is O=C(O)c1cnc(-c2ccc(Br)nc2)[nH]1.O=C(OCc1ccccc1)c1cnc(-c2ccc(Br)nc2)[nH]1. The Morgan fingerprint density at radius 3 is 1.76 bits per heavy atom. The lowest BCUT2D eigenvalue weighted by Gasteiger charge is -2.03. The molecule has 0 amide bonds. The topological polar surface area (TPSA) is 147 Å². The lowest BCUT2D eigenvalue weighted by molar-refractivity contribution is 0.0466. The zero-order valence-electron chi connectivity index (χ0n) is 18.9. The van der Waals surface area contributed by atoms with Crippen LogP contribution in [0, 0.1) is 0 Å². The molecule has 1 aromatic carbocycles. The first-order valence-electron chi connectivity index (χ1n) is 10.7. The maximum absolute atomic E-state index is 12.0. The molecule has 4 heterocycles. The lowest BCUT2D eigenvalue weighted by atomic mass is 10.2. The zero-order valence-corrected chi connectivity index (χ0v) is 22.1. The second kappa shape index (κ2) is 12.2. The van der Waals surface area contributed by atoms with Gasteiger partial charge in [0.1, 0.15) is 38.8 Å². The van der Waals surface area contributed by atoms with Gasteiger partial charge in [-0.15, -0.1) is 0 Å². The summed E-state index contributed by atoms with van der Waals surface area (Å²) in [5.41, 5.74) is 2.85. The first kappa shape index (κ1) is 25.9. The monoisotopic (exact) mass is 624 g/mol. The second-order valence-electron chi connectivity index (χ2n) is 7.40. The normalized spacial score (nSPS) is 10.3. The van der Waals surface area contributed by atoms with Crippen molar-refractivity contribution in [3.05, 3.63) is 106 Å². The first-order chi connectivity index (χ1) is 17.9. The molecular formula is C25H18Br2N6O4. The summed E-state index contributed by atoms with van der Waals surface area (Å²) in [6, 6.07) is 16.7. The number of nitrogens with zero attached hydrogens (tertiary/aromatic N) is 4. The van der Waals surface area contributed by atoms with Crippen LogP contribution in [0.4, 0.5) is 0 Å². The van der Waals surface area contributed by atoms with Gasteiger partial charge in [-0.25, -0.2) is 29.5 Å². The van der Waals surface area contributed by atoms with Crippen molar-refractivity contribution in [3.63, 3.8) is 0 Å². The van der Waals surface area contributed by atoms with Crippen molar-refractivity contribution >= 4 is 43.8 Å². The molecule has 0 unspecified atom stereocenters. The molecule has 0 aliphatic heterocycles. The predicted molar refractivity (Wildman–Crippen MR) is 142 cm³/mol. The third kappa shape index (κ3) is 7.18. The van der Waals surface area contributed by atoms with Crippen molar-refractivity contribution in [2.45, 2.75) is 6.61 Å². The Morgan fingerprint density at radius 2 is 1.27 bits per heavy atom. The lowest BCUT2D eigenvalue weighted by Crippen LogP contribution is -2.05. The summed E-state index contributed by atoms with van der Waals surface area (Å²) >= 11 is 6.48. The van der Waals surface area contributed by atoms with Crippen molar-refractivity contribution in [3.8, 4) is 22.8 Å². The Bertz CT molecular complexity index is 1490. The fourth-order valence-electron chi connectivity index (χ4n) is 2.98. The highest BCUT2D eigenvalue weighted by atomic mass is 79.9. The van der Waals surface area contributed by atoms with Crippen LogP contribution in [0.15, 0.2) is 88.6 Å². The van der Waals surface area contributed by atoms with E-state index in [0.29, 0.717) is 17.3 Å². The molecule has 0 fully saturated rings. The molecule has 0 spiro atoms. The number of carbonyl (C=O) groups excluding carboxylic acids is 1. The molecule has 0 aliphatic rings. The largest absolute Gasteiger partial charge is 0.477 e. The van der Waals surface area contributed by atoms with Gasteiger partial charge in [-0.1, -0.05) is 30.3 Å². The van der Waals surface area contributed by atoms with Crippen LogP contribution in [0.1, 0.15) is 26.5 Å². The highest BCUT2D eigenvalue weighted by Crippen LogP contribution is 2.18. The van der Waals surface area contributed by atoms with E-state index in [4.69, 9.17) is 9.84 Å². The van der Waals surface area contributed by atoms with Crippen molar-refractivity contribution in [2.75, 3.05) is 0 Å². The van der Waals surface area contributed by atoms with Gasteiger partial charge in [0.2, 0.25) is 0 Å². The third-order valence-electron chi connectivity index (χ3n) is 4.82. The van der Waals surface area contributed by atoms with E-state index in [2.05, 4.69) is 61.8 Å². The van der Waals surface area contributed by atoms with Crippen LogP contribution in [-0.4, -0.2) is 46.9 Å². The van der Waals surface area contributed by atoms with Gasteiger partial charge in [0.05, 0.1) is 12.4 Å². The number of H-pyrrole nitrogens is 2. The number of hydrogen-bond donors (Lipinski definition) is 3. The van der Waals surface area contributed by atoms with Crippen LogP contribution in [0.2, 0.25) is 0 Å². The van der Waals surface area contributed by atoms with Crippen LogP contribution in [0.5, 0.6) is 0 Å². The molecule has 186 valence electrons. The van der Waals surface area contributed by atoms with Crippen molar-refractivity contribution in [1.29, 1.82) is 0 Å². The average Bonchev–Trinajstić information content (AvgIpc) is 3.60. The summed E-state index contributed by atoms with van der Waals surface area (Å²) in [5, 5.41) is 8.69. The van der Waals surface area contributed by atoms with Crippen molar-refractivity contribution < 1.29 is 19.4 Å². The minimum atomic E-state index is -1.03. The van der Waals surface area contributed by atoms with Crippen LogP contribution >= 0.6 is 31.9 Å². The smallest absolute Gasteiger partial charge is 0.356 e. The predicted octanol–water partition coefficient (Wildman–Crippen LogP) is 5.52. The highest BCUT2D eigenvalue weighted by molar-refractivity contribution is 9.10. The number of benzene rings is 1. The minimum absolute atomic E-state index is 0.0629. The standard InChI is InChI=1S/C16H12BrN3O2.C9H6BrN3O2/c17-14-7-6-12(8-18-14)15-19-9-13(20-15)16(21)22-10-11-4-2-1-3-5-11;10-7-2-1-5(3-11-7)8-12-4-6(13-8)9(14)15/h1-9H,10H2,(H,19,20);1-4H,(H,12,13)(H,14,15). The Hall–Kier alpha value is -4.16. The fraction of sp³-hybridized carbons (Fsp3) is 0.0400. The third-order valence-corrected chi connectivity index (χ3v) is 5.75. The van der Waals surface area contributed by atoms with Crippen molar-refractivity contribution in [2.24, 2.45) is 0 Å². The van der Waals surface area contributed by atoms with Crippen LogP contribution < -0.4 is 0 Å². The zero-order chi connectivity index (χ0) is 26.2. The molecule has 0 atom stereocenters. The Labute approximate surface area is 227 Å². The molecule has 4 aromatic heterocycles. The van der Waals surface area contributed by atoms with E-state index in [9.17, 15) is 9.59 Å². The first-order valence-corrected chi connectivity index (χ1v) is 12.3. The minimum Gasteiger partial charge on any atom is -0.477 e. The van der Waals surface area contributed by atoms with Gasteiger partial charge >= 0.3 is 11.9 Å². The van der Waals surface area contributed by atoms with Gasteiger partial charge in [0.15, 0.2) is 0 Å². The molecule has 0 bridgehead atoms.